The van der Waals surface area contributed by atoms with Crippen LogP contribution in [0, 0.1) is 11.8 Å². The monoisotopic (exact) mass is 240 g/mol. The zero-order chi connectivity index (χ0) is 11.7. The van der Waals surface area contributed by atoms with Crippen LogP contribution in [0.3, 0.4) is 0 Å². The summed E-state index contributed by atoms with van der Waals surface area (Å²) >= 11 is 1.68. The third-order valence-corrected chi connectivity index (χ3v) is 4.54. The maximum Gasteiger partial charge on any atom is 0.0794 e. The number of hydrogen-bond donors (Lipinski definition) is 1. The second-order valence-corrected chi connectivity index (χ2v) is 5.79. The summed E-state index contributed by atoms with van der Waals surface area (Å²) in [5.74, 6) is 0.995. The Morgan fingerprint density at radius 3 is 2.69 bits per heavy atom. The van der Waals surface area contributed by atoms with E-state index in [-0.39, 0.29) is 12.1 Å². The average Bonchev–Trinajstić information content (AvgIpc) is 2.77. The lowest BCUT2D eigenvalue weighted by atomic mass is 9.82. The van der Waals surface area contributed by atoms with Crippen molar-refractivity contribution in [2.75, 3.05) is 0 Å². The number of rotatable bonds is 3. The van der Waals surface area contributed by atoms with Crippen LogP contribution in [0.15, 0.2) is 11.7 Å². The van der Waals surface area contributed by atoms with E-state index >= 15 is 0 Å². The van der Waals surface area contributed by atoms with Crippen molar-refractivity contribution in [1.29, 1.82) is 0 Å². The van der Waals surface area contributed by atoms with E-state index in [1.165, 1.54) is 4.88 Å². The van der Waals surface area contributed by atoms with Crippen LogP contribution in [0.5, 0.6) is 0 Å². The van der Waals surface area contributed by atoms with Crippen LogP contribution in [0.2, 0.25) is 0 Å². The maximum atomic E-state index is 6.31. The molecule has 1 aromatic heterocycles. The van der Waals surface area contributed by atoms with Crippen LogP contribution >= 0.6 is 11.3 Å². The lowest BCUT2D eigenvalue weighted by Crippen LogP contribution is -2.39. The van der Waals surface area contributed by atoms with Gasteiger partial charge in [-0.1, -0.05) is 6.92 Å². The van der Waals surface area contributed by atoms with Gasteiger partial charge in [0.15, 0.2) is 0 Å². The molecule has 16 heavy (non-hydrogen) atoms. The van der Waals surface area contributed by atoms with Crippen LogP contribution in [0.1, 0.15) is 25.6 Å². The van der Waals surface area contributed by atoms with E-state index in [0.29, 0.717) is 17.9 Å². The van der Waals surface area contributed by atoms with E-state index in [0.717, 1.165) is 6.42 Å². The molecule has 0 aliphatic carbocycles. The average molecular weight is 240 g/mol. The maximum absolute atomic E-state index is 6.31. The fourth-order valence-electron chi connectivity index (χ4n) is 2.74. The number of ether oxygens (including phenoxy) is 1. The van der Waals surface area contributed by atoms with Gasteiger partial charge < -0.3 is 10.5 Å². The number of nitrogens with two attached hydrogens (primary N) is 1. The first-order chi connectivity index (χ1) is 7.59. The van der Waals surface area contributed by atoms with Crippen molar-refractivity contribution in [3.8, 4) is 0 Å². The SMILES string of the molecule is CC1OC(C)C(C(N)Cc2cncs2)C1C. The Kier molecular flexibility index (Phi) is 3.62. The summed E-state index contributed by atoms with van der Waals surface area (Å²) in [6.45, 7) is 6.52. The third kappa shape index (κ3) is 2.29. The van der Waals surface area contributed by atoms with E-state index in [1.54, 1.807) is 11.3 Å². The Morgan fingerprint density at radius 1 is 1.44 bits per heavy atom. The minimum atomic E-state index is 0.176. The van der Waals surface area contributed by atoms with Crippen molar-refractivity contribution in [3.05, 3.63) is 16.6 Å². The van der Waals surface area contributed by atoms with E-state index in [4.69, 9.17) is 10.5 Å². The van der Waals surface area contributed by atoms with Crippen molar-refractivity contribution in [2.24, 2.45) is 17.6 Å². The molecule has 4 heteroatoms. The molecule has 0 saturated carbocycles. The Labute approximate surface area is 101 Å². The van der Waals surface area contributed by atoms with Gasteiger partial charge in [-0.3, -0.25) is 4.98 Å². The van der Waals surface area contributed by atoms with Gasteiger partial charge in [0, 0.05) is 23.0 Å². The van der Waals surface area contributed by atoms with Crippen LogP contribution in [-0.2, 0) is 11.2 Å². The molecule has 5 unspecified atom stereocenters. The van der Waals surface area contributed by atoms with Crippen LogP contribution < -0.4 is 5.73 Å². The molecule has 0 spiro atoms. The first kappa shape index (κ1) is 12.0. The van der Waals surface area contributed by atoms with E-state index < -0.39 is 0 Å². The largest absolute Gasteiger partial charge is 0.375 e. The van der Waals surface area contributed by atoms with Crippen LogP contribution in [-0.4, -0.2) is 23.2 Å². The number of nitrogens with zero attached hydrogens (tertiary/aromatic N) is 1. The Bertz CT molecular complexity index is 328. The van der Waals surface area contributed by atoms with Gasteiger partial charge in [0.1, 0.15) is 0 Å². The molecule has 1 aliphatic heterocycles. The zero-order valence-electron chi connectivity index (χ0n) is 10.1. The molecule has 90 valence electrons. The molecular weight excluding hydrogens is 220 g/mol. The van der Waals surface area contributed by atoms with Gasteiger partial charge in [-0.15, -0.1) is 11.3 Å². The summed E-state index contributed by atoms with van der Waals surface area (Å²) in [6.07, 6.45) is 3.43. The van der Waals surface area contributed by atoms with Crippen LogP contribution in [0.4, 0.5) is 0 Å². The first-order valence-corrected chi connectivity index (χ1v) is 6.76. The molecule has 1 aliphatic rings. The first-order valence-electron chi connectivity index (χ1n) is 5.88. The van der Waals surface area contributed by atoms with Gasteiger partial charge in [-0.05, 0) is 26.2 Å². The summed E-state index contributed by atoms with van der Waals surface area (Å²) in [6, 6.07) is 0.176. The van der Waals surface area contributed by atoms with Gasteiger partial charge in [-0.2, -0.15) is 0 Å². The molecule has 0 amide bonds. The molecule has 1 aromatic rings. The smallest absolute Gasteiger partial charge is 0.0794 e. The molecule has 2 rings (SSSR count). The Morgan fingerprint density at radius 2 is 2.19 bits per heavy atom. The minimum absolute atomic E-state index is 0.176. The Balaban J connectivity index is 2.01. The molecular formula is C12H20N2OS. The molecule has 2 heterocycles. The second-order valence-electron chi connectivity index (χ2n) is 4.82. The molecule has 1 saturated heterocycles. The predicted molar refractivity (Wildman–Crippen MR) is 66.5 cm³/mol. The summed E-state index contributed by atoms with van der Waals surface area (Å²) in [7, 11) is 0. The molecule has 5 atom stereocenters. The molecule has 0 bridgehead atoms. The number of thiazole rings is 1. The highest BCUT2D eigenvalue weighted by molar-refractivity contribution is 7.09. The van der Waals surface area contributed by atoms with Crippen molar-refractivity contribution >= 4 is 11.3 Å². The highest BCUT2D eigenvalue weighted by Gasteiger charge is 2.40. The third-order valence-electron chi connectivity index (χ3n) is 3.73. The second kappa shape index (κ2) is 4.82. The van der Waals surface area contributed by atoms with Gasteiger partial charge in [0.2, 0.25) is 0 Å². The summed E-state index contributed by atoms with van der Waals surface area (Å²) in [5.41, 5.74) is 8.18. The van der Waals surface area contributed by atoms with Gasteiger partial charge in [-0.25, -0.2) is 0 Å². The van der Waals surface area contributed by atoms with Gasteiger partial charge in [0.05, 0.1) is 17.7 Å². The van der Waals surface area contributed by atoms with Gasteiger partial charge in [0.25, 0.3) is 0 Å². The standard InChI is InChI=1S/C12H20N2OS/c1-7-8(2)15-9(3)12(7)11(13)4-10-5-14-6-16-10/h5-9,11-12H,4,13H2,1-3H3. The normalized spacial score (nSPS) is 36.5. The fraction of sp³-hybridized carbons (Fsp3) is 0.750. The molecule has 1 fully saturated rings. The van der Waals surface area contributed by atoms with Crippen molar-refractivity contribution in [2.45, 2.75) is 45.4 Å². The highest BCUT2D eigenvalue weighted by Crippen LogP contribution is 2.34. The summed E-state index contributed by atoms with van der Waals surface area (Å²) in [5, 5.41) is 0. The predicted octanol–water partition coefficient (Wildman–Crippen LogP) is 2.07. The molecule has 0 radical (unpaired) electrons. The van der Waals surface area contributed by atoms with Crippen LogP contribution in [0.25, 0.3) is 0 Å². The zero-order valence-corrected chi connectivity index (χ0v) is 10.9. The minimum Gasteiger partial charge on any atom is -0.375 e. The molecule has 0 aromatic carbocycles. The number of aromatic nitrogens is 1. The van der Waals surface area contributed by atoms with Crippen molar-refractivity contribution in [1.82, 2.24) is 4.98 Å². The lowest BCUT2D eigenvalue weighted by molar-refractivity contribution is 0.0490. The molecule has 2 N–H and O–H groups in total. The van der Waals surface area contributed by atoms with Crippen molar-refractivity contribution < 1.29 is 4.74 Å². The lowest BCUT2D eigenvalue weighted by Gasteiger charge is -2.25. The topological polar surface area (TPSA) is 48.1 Å². The fourth-order valence-corrected chi connectivity index (χ4v) is 3.41. The quantitative estimate of drug-likeness (QED) is 0.880. The number of hydrogen-bond acceptors (Lipinski definition) is 4. The Hall–Kier alpha value is -0.450. The van der Waals surface area contributed by atoms with E-state index in [2.05, 4.69) is 25.8 Å². The van der Waals surface area contributed by atoms with Gasteiger partial charge >= 0.3 is 0 Å². The van der Waals surface area contributed by atoms with E-state index in [9.17, 15) is 0 Å². The summed E-state index contributed by atoms with van der Waals surface area (Å²) in [4.78, 5) is 5.36. The van der Waals surface area contributed by atoms with Crippen molar-refractivity contribution in [3.63, 3.8) is 0 Å². The van der Waals surface area contributed by atoms with E-state index in [1.807, 2.05) is 11.7 Å². The highest BCUT2D eigenvalue weighted by atomic mass is 32.1. The summed E-state index contributed by atoms with van der Waals surface area (Å²) < 4.78 is 5.83. The molecule has 3 nitrogen and oxygen atoms in total.